The predicted molar refractivity (Wildman–Crippen MR) is 102 cm³/mol. The largest absolute Gasteiger partial charge is 0.323 e. The SMILES string of the molecule is O=c1[nH]c2ccc(S(=O)(=O)N[C@H](c3ccccc3)c3cccs3)cc2[nH]1. The molecule has 0 saturated carbocycles. The van der Waals surface area contributed by atoms with Crippen molar-refractivity contribution in [3.8, 4) is 0 Å². The fourth-order valence-corrected chi connectivity index (χ4v) is 4.90. The average molecular weight is 385 g/mol. The summed E-state index contributed by atoms with van der Waals surface area (Å²) in [4.78, 5) is 17.6. The molecule has 8 heteroatoms. The summed E-state index contributed by atoms with van der Waals surface area (Å²) in [6, 6.07) is 17.2. The monoisotopic (exact) mass is 385 g/mol. The molecule has 2 aromatic carbocycles. The predicted octanol–water partition coefficient (Wildman–Crippen LogP) is 2.99. The van der Waals surface area contributed by atoms with Gasteiger partial charge in [-0.15, -0.1) is 11.3 Å². The van der Waals surface area contributed by atoms with Crippen molar-refractivity contribution in [1.82, 2.24) is 14.7 Å². The third-order valence-corrected chi connectivity index (χ3v) is 6.39. The van der Waals surface area contributed by atoms with Gasteiger partial charge in [-0.25, -0.2) is 13.2 Å². The molecule has 0 aliphatic rings. The Kier molecular flexibility index (Phi) is 4.23. The maximum atomic E-state index is 13.0. The second-order valence-electron chi connectivity index (χ2n) is 5.77. The quantitative estimate of drug-likeness (QED) is 0.493. The Morgan fingerprint density at radius 2 is 1.69 bits per heavy atom. The molecule has 0 saturated heterocycles. The Bertz CT molecular complexity index is 1190. The van der Waals surface area contributed by atoms with Gasteiger partial charge in [0.15, 0.2) is 0 Å². The van der Waals surface area contributed by atoms with Crippen LogP contribution in [0.4, 0.5) is 0 Å². The van der Waals surface area contributed by atoms with Crippen LogP contribution in [0.15, 0.2) is 75.7 Å². The van der Waals surface area contributed by atoms with Crippen LogP contribution in [-0.2, 0) is 10.0 Å². The highest BCUT2D eigenvalue weighted by atomic mass is 32.2. The van der Waals surface area contributed by atoms with Crippen LogP contribution < -0.4 is 10.4 Å². The van der Waals surface area contributed by atoms with Crippen LogP contribution in [0.3, 0.4) is 0 Å². The lowest BCUT2D eigenvalue weighted by Gasteiger charge is -2.18. The maximum absolute atomic E-state index is 13.0. The smallest absolute Gasteiger partial charge is 0.306 e. The molecule has 0 aliphatic heterocycles. The fourth-order valence-electron chi connectivity index (χ4n) is 2.79. The molecule has 0 unspecified atom stereocenters. The number of hydrogen-bond donors (Lipinski definition) is 3. The third kappa shape index (κ3) is 3.22. The van der Waals surface area contributed by atoms with Crippen LogP contribution >= 0.6 is 11.3 Å². The molecule has 0 amide bonds. The number of benzene rings is 2. The van der Waals surface area contributed by atoms with E-state index in [1.807, 2.05) is 47.8 Å². The van der Waals surface area contributed by atoms with Gasteiger partial charge in [0.2, 0.25) is 10.0 Å². The molecule has 4 rings (SSSR count). The molecule has 3 N–H and O–H groups in total. The van der Waals surface area contributed by atoms with Crippen molar-refractivity contribution in [3.63, 3.8) is 0 Å². The maximum Gasteiger partial charge on any atom is 0.323 e. The number of aromatic amines is 2. The summed E-state index contributed by atoms with van der Waals surface area (Å²) in [7, 11) is -3.80. The van der Waals surface area contributed by atoms with Gasteiger partial charge in [0.05, 0.1) is 22.0 Å². The average Bonchev–Trinajstić information content (AvgIpc) is 3.28. The molecule has 132 valence electrons. The molecule has 4 aromatic rings. The Labute approximate surface area is 153 Å². The van der Waals surface area contributed by atoms with Crippen LogP contribution in [0.2, 0.25) is 0 Å². The van der Waals surface area contributed by atoms with Crippen molar-refractivity contribution < 1.29 is 8.42 Å². The number of rotatable bonds is 5. The van der Waals surface area contributed by atoms with Crippen LogP contribution in [0.25, 0.3) is 11.0 Å². The number of fused-ring (bicyclic) bond motifs is 1. The van der Waals surface area contributed by atoms with Crippen molar-refractivity contribution in [2.75, 3.05) is 0 Å². The highest BCUT2D eigenvalue weighted by molar-refractivity contribution is 7.89. The third-order valence-electron chi connectivity index (χ3n) is 4.03. The molecule has 0 aliphatic carbocycles. The van der Waals surface area contributed by atoms with Crippen LogP contribution in [0, 0.1) is 0 Å². The number of H-pyrrole nitrogens is 2. The molecule has 6 nitrogen and oxygen atoms in total. The number of imidazole rings is 1. The van der Waals surface area contributed by atoms with E-state index in [9.17, 15) is 13.2 Å². The minimum absolute atomic E-state index is 0.0951. The van der Waals surface area contributed by atoms with Crippen molar-refractivity contribution in [1.29, 1.82) is 0 Å². The fraction of sp³-hybridized carbons (Fsp3) is 0.0556. The van der Waals surface area contributed by atoms with E-state index in [0.717, 1.165) is 10.4 Å². The molecule has 0 bridgehead atoms. The first-order valence-corrected chi connectivity index (χ1v) is 10.2. The van der Waals surface area contributed by atoms with Gasteiger partial charge in [-0.1, -0.05) is 36.4 Å². The number of sulfonamides is 1. The van der Waals surface area contributed by atoms with E-state index in [0.29, 0.717) is 11.0 Å². The first-order chi connectivity index (χ1) is 12.5. The first-order valence-electron chi connectivity index (χ1n) is 7.86. The lowest BCUT2D eigenvalue weighted by molar-refractivity contribution is 0.573. The molecular weight excluding hydrogens is 370 g/mol. The second kappa shape index (κ2) is 6.56. The zero-order valence-corrected chi connectivity index (χ0v) is 15.1. The second-order valence-corrected chi connectivity index (χ2v) is 8.46. The van der Waals surface area contributed by atoms with E-state index in [-0.39, 0.29) is 10.6 Å². The minimum atomic E-state index is -3.80. The molecule has 0 spiro atoms. The van der Waals surface area contributed by atoms with E-state index < -0.39 is 16.1 Å². The molecule has 2 aromatic heterocycles. The van der Waals surface area contributed by atoms with Crippen molar-refractivity contribution in [3.05, 3.63) is 87.0 Å². The molecule has 0 fully saturated rings. The number of aromatic nitrogens is 2. The lowest BCUT2D eigenvalue weighted by Crippen LogP contribution is -2.29. The van der Waals surface area contributed by atoms with Gasteiger partial charge in [0, 0.05) is 4.88 Å². The molecular formula is C18H15N3O3S2. The van der Waals surface area contributed by atoms with Gasteiger partial charge in [-0.3, -0.25) is 0 Å². The number of hydrogen-bond acceptors (Lipinski definition) is 4. The van der Waals surface area contributed by atoms with Gasteiger partial charge in [-0.05, 0) is 35.2 Å². The number of thiophene rings is 1. The Morgan fingerprint density at radius 3 is 2.42 bits per heavy atom. The topological polar surface area (TPSA) is 94.8 Å². The molecule has 26 heavy (non-hydrogen) atoms. The normalized spacial score (nSPS) is 13.1. The highest BCUT2D eigenvalue weighted by Crippen LogP contribution is 2.28. The summed E-state index contributed by atoms with van der Waals surface area (Å²) >= 11 is 1.49. The van der Waals surface area contributed by atoms with E-state index in [4.69, 9.17) is 0 Å². The summed E-state index contributed by atoms with van der Waals surface area (Å²) in [5.74, 6) is 0. The van der Waals surface area contributed by atoms with Crippen LogP contribution in [0.1, 0.15) is 16.5 Å². The zero-order chi connectivity index (χ0) is 18.1. The minimum Gasteiger partial charge on any atom is -0.306 e. The van der Waals surface area contributed by atoms with Crippen molar-refractivity contribution >= 4 is 32.4 Å². The Balaban J connectivity index is 1.74. The van der Waals surface area contributed by atoms with Gasteiger partial charge in [-0.2, -0.15) is 4.72 Å². The summed E-state index contributed by atoms with van der Waals surface area (Å²) in [5.41, 5.74) is 1.50. The van der Waals surface area contributed by atoms with Gasteiger partial charge >= 0.3 is 5.69 Å². The summed E-state index contributed by atoms with van der Waals surface area (Å²) in [6.07, 6.45) is 0. The summed E-state index contributed by atoms with van der Waals surface area (Å²) < 4.78 is 28.7. The van der Waals surface area contributed by atoms with Gasteiger partial charge < -0.3 is 9.97 Å². The van der Waals surface area contributed by atoms with Crippen LogP contribution in [0.5, 0.6) is 0 Å². The summed E-state index contributed by atoms with van der Waals surface area (Å²) in [6.45, 7) is 0. The van der Waals surface area contributed by atoms with E-state index in [2.05, 4.69) is 14.7 Å². The molecule has 0 radical (unpaired) electrons. The standard InChI is InChI=1S/C18H15N3O3S2/c22-18-19-14-9-8-13(11-15(14)20-18)26(23,24)21-17(16-7-4-10-25-16)12-5-2-1-3-6-12/h1-11,17,21H,(H2,19,20,22)/t17-/m1/s1. The lowest BCUT2D eigenvalue weighted by atomic mass is 10.1. The van der Waals surface area contributed by atoms with Gasteiger partial charge in [0.1, 0.15) is 0 Å². The van der Waals surface area contributed by atoms with E-state index >= 15 is 0 Å². The van der Waals surface area contributed by atoms with Crippen LogP contribution in [-0.4, -0.2) is 18.4 Å². The molecule has 2 heterocycles. The van der Waals surface area contributed by atoms with E-state index in [1.54, 1.807) is 6.07 Å². The Hall–Kier alpha value is -2.68. The molecule has 1 atom stereocenters. The van der Waals surface area contributed by atoms with Crippen molar-refractivity contribution in [2.24, 2.45) is 0 Å². The van der Waals surface area contributed by atoms with Crippen molar-refractivity contribution in [2.45, 2.75) is 10.9 Å². The zero-order valence-electron chi connectivity index (χ0n) is 13.5. The number of nitrogens with one attached hydrogen (secondary N) is 3. The van der Waals surface area contributed by atoms with Gasteiger partial charge in [0.25, 0.3) is 0 Å². The van der Waals surface area contributed by atoms with E-state index in [1.165, 1.54) is 23.5 Å². The highest BCUT2D eigenvalue weighted by Gasteiger charge is 2.24. The summed E-state index contributed by atoms with van der Waals surface area (Å²) in [5, 5.41) is 1.91. The Morgan fingerprint density at radius 1 is 0.923 bits per heavy atom. The first kappa shape index (κ1) is 16.8.